The Morgan fingerprint density at radius 3 is 2.39 bits per heavy atom. The van der Waals surface area contributed by atoms with Crippen molar-refractivity contribution in [2.24, 2.45) is 0 Å². The lowest BCUT2D eigenvalue weighted by Crippen LogP contribution is -2.49. The van der Waals surface area contributed by atoms with Gasteiger partial charge in [0.2, 0.25) is 15.9 Å². The van der Waals surface area contributed by atoms with Crippen LogP contribution in [0.5, 0.6) is 11.5 Å². The van der Waals surface area contributed by atoms with Gasteiger partial charge < -0.3 is 15.4 Å². The van der Waals surface area contributed by atoms with Gasteiger partial charge in [-0.1, -0.05) is 29.8 Å². The monoisotopic (exact) mass is 465 g/mol. The van der Waals surface area contributed by atoms with E-state index in [4.69, 9.17) is 4.74 Å². The SMILES string of the molecule is Cc1ccc(Oc2ccccc2NC(=O)c2ccc(S(=O)(=O)N3CCNC(=O)C3)cc2)cc1. The highest BCUT2D eigenvalue weighted by Crippen LogP contribution is 2.30. The van der Waals surface area contributed by atoms with Crippen molar-refractivity contribution in [3.63, 3.8) is 0 Å². The summed E-state index contributed by atoms with van der Waals surface area (Å²) >= 11 is 0. The molecule has 9 heteroatoms. The Hall–Kier alpha value is -3.69. The zero-order valence-electron chi connectivity index (χ0n) is 17.9. The van der Waals surface area contributed by atoms with E-state index in [0.717, 1.165) is 9.87 Å². The van der Waals surface area contributed by atoms with Crippen molar-refractivity contribution in [2.45, 2.75) is 11.8 Å². The minimum atomic E-state index is -3.82. The third kappa shape index (κ3) is 5.21. The van der Waals surface area contributed by atoms with E-state index in [2.05, 4.69) is 10.6 Å². The quantitative estimate of drug-likeness (QED) is 0.582. The number of para-hydroxylation sites is 2. The number of carbonyl (C=O) groups is 2. The van der Waals surface area contributed by atoms with Crippen LogP contribution in [0.25, 0.3) is 0 Å². The standard InChI is InChI=1S/C24H23N3O5S/c1-17-6-10-19(11-7-17)32-22-5-3-2-4-21(22)26-24(29)18-8-12-20(13-9-18)33(30,31)27-15-14-25-23(28)16-27/h2-13H,14-16H2,1H3,(H,25,28)(H,26,29). The van der Waals surface area contributed by atoms with E-state index in [1.165, 1.54) is 24.3 Å². The molecule has 8 nitrogen and oxygen atoms in total. The molecule has 4 rings (SSSR count). The first-order valence-electron chi connectivity index (χ1n) is 10.3. The molecule has 3 aromatic carbocycles. The van der Waals surface area contributed by atoms with E-state index < -0.39 is 15.9 Å². The Labute approximate surface area is 192 Å². The predicted molar refractivity (Wildman–Crippen MR) is 124 cm³/mol. The van der Waals surface area contributed by atoms with Crippen molar-refractivity contribution in [1.29, 1.82) is 0 Å². The number of nitrogens with one attached hydrogen (secondary N) is 2. The number of carbonyl (C=O) groups excluding carboxylic acids is 2. The Morgan fingerprint density at radius 2 is 1.70 bits per heavy atom. The first kappa shape index (κ1) is 22.5. The van der Waals surface area contributed by atoms with Crippen LogP contribution in [-0.2, 0) is 14.8 Å². The second-order valence-electron chi connectivity index (χ2n) is 7.58. The second kappa shape index (κ2) is 9.43. The van der Waals surface area contributed by atoms with Gasteiger partial charge in [-0.2, -0.15) is 4.31 Å². The number of benzene rings is 3. The van der Waals surface area contributed by atoms with Gasteiger partial charge in [0.05, 0.1) is 17.1 Å². The molecule has 0 bridgehead atoms. The van der Waals surface area contributed by atoms with Crippen LogP contribution in [-0.4, -0.2) is 44.2 Å². The van der Waals surface area contributed by atoms with Gasteiger partial charge in [-0.05, 0) is 55.5 Å². The molecule has 0 unspecified atom stereocenters. The van der Waals surface area contributed by atoms with Crippen LogP contribution in [0.15, 0.2) is 77.7 Å². The van der Waals surface area contributed by atoms with Gasteiger partial charge in [-0.3, -0.25) is 9.59 Å². The van der Waals surface area contributed by atoms with Gasteiger partial charge in [0.25, 0.3) is 5.91 Å². The molecule has 1 aliphatic heterocycles. The molecule has 0 saturated carbocycles. The third-order valence-electron chi connectivity index (χ3n) is 5.14. The molecule has 0 aliphatic carbocycles. The summed E-state index contributed by atoms with van der Waals surface area (Å²) in [6, 6.07) is 20.2. The number of rotatable bonds is 6. The molecule has 1 fully saturated rings. The van der Waals surface area contributed by atoms with Crippen molar-refractivity contribution in [3.8, 4) is 11.5 Å². The molecule has 1 saturated heterocycles. The van der Waals surface area contributed by atoms with E-state index in [0.29, 0.717) is 17.2 Å². The lowest BCUT2D eigenvalue weighted by molar-refractivity contribution is -0.122. The zero-order chi connectivity index (χ0) is 23.4. The van der Waals surface area contributed by atoms with Crippen molar-refractivity contribution < 1.29 is 22.7 Å². The molecule has 170 valence electrons. The van der Waals surface area contributed by atoms with Gasteiger partial charge in [-0.15, -0.1) is 0 Å². The molecular formula is C24H23N3O5S. The number of aryl methyl sites for hydroxylation is 1. The summed E-state index contributed by atoms with van der Waals surface area (Å²) in [6.45, 7) is 2.23. The Kier molecular flexibility index (Phi) is 6.43. The molecule has 0 aromatic heterocycles. The van der Waals surface area contributed by atoms with Crippen LogP contribution in [0, 0.1) is 6.92 Å². The largest absolute Gasteiger partial charge is 0.455 e. The van der Waals surface area contributed by atoms with E-state index in [-0.39, 0.29) is 36.0 Å². The highest BCUT2D eigenvalue weighted by atomic mass is 32.2. The van der Waals surface area contributed by atoms with Crippen LogP contribution < -0.4 is 15.4 Å². The maximum Gasteiger partial charge on any atom is 0.255 e. The fourth-order valence-electron chi connectivity index (χ4n) is 3.33. The topological polar surface area (TPSA) is 105 Å². The minimum absolute atomic E-state index is 0.0249. The van der Waals surface area contributed by atoms with E-state index >= 15 is 0 Å². The zero-order valence-corrected chi connectivity index (χ0v) is 18.8. The Bertz CT molecular complexity index is 1270. The Morgan fingerprint density at radius 1 is 1.00 bits per heavy atom. The van der Waals surface area contributed by atoms with E-state index in [9.17, 15) is 18.0 Å². The molecule has 2 amide bonds. The van der Waals surface area contributed by atoms with Crippen LogP contribution in [0.1, 0.15) is 15.9 Å². The highest BCUT2D eigenvalue weighted by Gasteiger charge is 2.29. The molecular weight excluding hydrogens is 442 g/mol. The first-order chi connectivity index (χ1) is 15.8. The highest BCUT2D eigenvalue weighted by molar-refractivity contribution is 7.89. The number of piperazine rings is 1. The summed E-state index contributed by atoms with van der Waals surface area (Å²) in [6.07, 6.45) is 0. The molecule has 2 N–H and O–H groups in total. The molecule has 0 radical (unpaired) electrons. The molecule has 1 aliphatic rings. The van der Waals surface area contributed by atoms with E-state index in [1.54, 1.807) is 24.3 Å². The van der Waals surface area contributed by atoms with Gasteiger partial charge >= 0.3 is 0 Å². The van der Waals surface area contributed by atoms with Gasteiger partial charge in [0, 0.05) is 18.7 Å². The van der Waals surface area contributed by atoms with Crippen LogP contribution in [0.3, 0.4) is 0 Å². The fourth-order valence-corrected chi connectivity index (χ4v) is 4.73. The lowest BCUT2D eigenvalue weighted by Gasteiger charge is -2.25. The number of anilines is 1. The third-order valence-corrected chi connectivity index (χ3v) is 7.00. The maximum absolute atomic E-state index is 12.8. The predicted octanol–water partition coefficient (Wildman–Crippen LogP) is 3.16. The van der Waals surface area contributed by atoms with Crippen LogP contribution in [0.4, 0.5) is 5.69 Å². The number of hydrogen-bond donors (Lipinski definition) is 2. The fraction of sp³-hybridized carbons (Fsp3) is 0.167. The van der Waals surface area contributed by atoms with Gasteiger partial charge in [0.15, 0.2) is 5.75 Å². The number of nitrogens with zero attached hydrogens (tertiary/aromatic N) is 1. The minimum Gasteiger partial charge on any atom is -0.455 e. The molecule has 0 spiro atoms. The molecule has 3 aromatic rings. The molecule has 0 atom stereocenters. The van der Waals surface area contributed by atoms with Crippen LogP contribution >= 0.6 is 0 Å². The Balaban J connectivity index is 1.48. The second-order valence-corrected chi connectivity index (χ2v) is 9.52. The summed E-state index contributed by atoms with van der Waals surface area (Å²) < 4.78 is 32.6. The van der Waals surface area contributed by atoms with Gasteiger partial charge in [0.1, 0.15) is 5.75 Å². The maximum atomic E-state index is 12.8. The summed E-state index contributed by atoms with van der Waals surface area (Å²) in [5, 5.41) is 5.41. The van der Waals surface area contributed by atoms with Crippen LogP contribution in [0.2, 0.25) is 0 Å². The summed E-state index contributed by atoms with van der Waals surface area (Å²) in [4.78, 5) is 24.4. The average Bonchev–Trinajstić information content (AvgIpc) is 2.82. The lowest BCUT2D eigenvalue weighted by atomic mass is 10.2. The van der Waals surface area contributed by atoms with Crippen molar-refractivity contribution in [1.82, 2.24) is 9.62 Å². The molecule has 33 heavy (non-hydrogen) atoms. The van der Waals surface area contributed by atoms with Crippen molar-refractivity contribution in [2.75, 3.05) is 25.0 Å². The number of sulfonamides is 1. The van der Waals surface area contributed by atoms with Crippen molar-refractivity contribution >= 4 is 27.5 Å². The normalized spacial score (nSPS) is 14.4. The summed E-state index contributed by atoms with van der Waals surface area (Å²) in [5.41, 5.74) is 1.88. The smallest absolute Gasteiger partial charge is 0.255 e. The number of hydrogen-bond acceptors (Lipinski definition) is 5. The number of ether oxygens (including phenoxy) is 1. The van der Waals surface area contributed by atoms with Gasteiger partial charge in [-0.25, -0.2) is 8.42 Å². The number of amides is 2. The first-order valence-corrected chi connectivity index (χ1v) is 11.8. The van der Waals surface area contributed by atoms with Crippen molar-refractivity contribution in [3.05, 3.63) is 83.9 Å². The summed E-state index contributed by atoms with van der Waals surface area (Å²) in [7, 11) is -3.82. The average molecular weight is 466 g/mol. The summed E-state index contributed by atoms with van der Waals surface area (Å²) in [5.74, 6) is 0.379. The van der Waals surface area contributed by atoms with E-state index in [1.807, 2.05) is 31.2 Å². The molecule has 1 heterocycles.